The monoisotopic (exact) mass is 398 g/mol. The average molecular weight is 398 g/mol. The highest BCUT2D eigenvalue weighted by Gasteiger charge is 2.32. The molecule has 28 heavy (non-hydrogen) atoms. The SMILES string of the molecule is Cc1ccc(S[C@@H](C)C(=O)O[C@@H](C)C(=O)N2CC(=O)Nc3ccccc32)cc1. The minimum absolute atomic E-state index is 0.106. The lowest BCUT2D eigenvalue weighted by Gasteiger charge is -2.31. The molecule has 3 rings (SSSR count). The largest absolute Gasteiger partial charge is 0.452 e. The van der Waals surface area contributed by atoms with Gasteiger partial charge in [0.25, 0.3) is 5.91 Å². The molecule has 2 atom stereocenters. The van der Waals surface area contributed by atoms with E-state index in [0.29, 0.717) is 11.4 Å². The first kappa shape index (κ1) is 19.9. The van der Waals surface area contributed by atoms with E-state index >= 15 is 0 Å². The number of amides is 2. The van der Waals surface area contributed by atoms with E-state index < -0.39 is 23.2 Å². The quantitative estimate of drug-likeness (QED) is 0.617. The van der Waals surface area contributed by atoms with Crippen molar-refractivity contribution in [2.24, 2.45) is 0 Å². The maximum atomic E-state index is 12.8. The second-order valence-corrected chi connectivity index (χ2v) is 8.06. The van der Waals surface area contributed by atoms with Crippen LogP contribution >= 0.6 is 11.8 Å². The molecule has 0 saturated heterocycles. The zero-order valence-electron chi connectivity index (χ0n) is 16.0. The van der Waals surface area contributed by atoms with Crippen LogP contribution in [0.5, 0.6) is 0 Å². The number of aryl methyl sites for hydroxylation is 1. The van der Waals surface area contributed by atoms with Crippen molar-refractivity contribution in [3.8, 4) is 0 Å². The molecule has 2 aromatic carbocycles. The highest BCUT2D eigenvalue weighted by atomic mass is 32.2. The van der Waals surface area contributed by atoms with Crippen LogP contribution in [0.4, 0.5) is 11.4 Å². The fourth-order valence-corrected chi connectivity index (χ4v) is 3.69. The zero-order valence-corrected chi connectivity index (χ0v) is 16.8. The first-order valence-corrected chi connectivity index (χ1v) is 9.87. The molecule has 0 radical (unpaired) electrons. The van der Waals surface area contributed by atoms with E-state index in [1.807, 2.05) is 31.2 Å². The molecule has 2 aromatic rings. The Balaban J connectivity index is 1.64. The second kappa shape index (κ2) is 8.48. The summed E-state index contributed by atoms with van der Waals surface area (Å²) < 4.78 is 5.39. The molecule has 6 nitrogen and oxygen atoms in total. The number of fused-ring (bicyclic) bond motifs is 1. The van der Waals surface area contributed by atoms with Crippen molar-refractivity contribution < 1.29 is 19.1 Å². The lowest BCUT2D eigenvalue weighted by atomic mass is 10.1. The Morgan fingerprint density at radius 3 is 2.50 bits per heavy atom. The van der Waals surface area contributed by atoms with Gasteiger partial charge < -0.3 is 10.1 Å². The molecule has 1 aliphatic heterocycles. The second-order valence-electron chi connectivity index (χ2n) is 6.64. The van der Waals surface area contributed by atoms with Gasteiger partial charge in [0.15, 0.2) is 6.10 Å². The average Bonchev–Trinajstić information content (AvgIpc) is 2.68. The smallest absolute Gasteiger partial charge is 0.319 e. The van der Waals surface area contributed by atoms with Crippen LogP contribution in [0.2, 0.25) is 0 Å². The number of nitrogens with zero attached hydrogens (tertiary/aromatic N) is 1. The van der Waals surface area contributed by atoms with Crippen molar-refractivity contribution in [2.75, 3.05) is 16.8 Å². The van der Waals surface area contributed by atoms with Gasteiger partial charge in [-0.05, 0) is 45.0 Å². The van der Waals surface area contributed by atoms with Crippen LogP contribution in [0.25, 0.3) is 0 Å². The van der Waals surface area contributed by atoms with Crippen molar-refractivity contribution in [1.82, 2.24) is 0 Å². The standard InChI is InChI=1S/C21H22N2O4S/c1-13-8-10-16(11-9-13)28-15(3)21(26)27-14(2)20(25)23-12-19(24)22-17-6-4-5-7-18(17)23/h4-11,14-15H,12H2,1-3H3,(H,22,24)/t14-,15-/m0/s1. The molecule has 0 unspecified atom stereocenters. The van der Waals surface area contributed by atoms with Gasteiger partial charge in [-0.25, -0.2) is 0 Å². The highest BCUT2D eigenvalue weighted by molar-refractivity contribution is 8.00. The van der Waals surface area contributed by atoms with Crippen molar-refractivity contribution in [2.45, 2.75) is 37.0 Å². The van der Waals surface area contributed by atoms with Gasteiger partial charge in [-0.2, -0.15) is 0 Å². The van der Waals surface area contributed by atoms with Crippen molar-refractivity contribution >= 4 is 40.9 Å². The summed E-state index contributed by atoms with van der Waals surface area (Å²) in [5.41, 5.74) is 2.30. The Bertz CT molecular complexity index is 898. The molecule has 0 aliphatic carbocycles. The predicted molar refractivity (Wildman–Crippen MR) is 109 cm³/mol. The summed E-state index contributed by atoms with van der Waals surface area (Å²) in [6, 6.07) is 14.9. The molecule has 0 aromatic heterocycles. The van der Waals surface area contributed by atoms with Crippen LogP contribution in [-0.4, -0.2) is 35.7 Å². The summed E-state index contributed by atoms with van der Waals surface area (Å²) in [5.74, 6) is -1.18. The molecule has 1 aliphatic rings. The first-order chi connectivity index (χ1) is 13.3. The Morgan fingerprint density at radius 1 is 1.11 bits per heavy atom. The van der Waals surface area contributed by atoms with Crippen LogP contribution in [0.3, 0.4) is 0 Å². The molecule has 1 N–H and O–H groups in total. The summed E-state index contributed by atoms with van der Waals surface area (Å²) in [4.78, 5) is 39.5. The predicted octanol–water partition coefficient (Wildman–Crippen LogP) is 3.39. The number of benzene rings is 2. The third-order valence-electron chi connectivity index (χ3n) is 4.34. The number of ether oxygens (including phenoxy) is 1. The molecule has 7 heteroatoms. The van der Waals surface area contributed by atoms with E-state index in [1.54, 1.807) is 31.2 Å². The molecular formula is C21H22N2O4S. The summed E-state index contributed by atoms with van der Waals surface area (Å²) in [6.07, 6.45) is -0.993. The van der Waals surface area contributed by atoms with E-state index in [1.165, 1.54) is 23.6 Å². The zero-order chi connectivity index (χ0) is 20.3. The summed E-state index contributed by atoms with van der Waals surface area (Å²) >= 11 is 1.38. The van der Waals surface area contributed by atoms with Crippen LogP contribution in [0, 0.1) is 6.92 Å². The minimum atomic E-state index is -0.993. The Labute approximate surface area is 168 Å². The number of thioether (sulfide) groups is 1. The normalized spacial score (nSPS) is 15.2. The molecule has 1 heterocycles. The van der Waals surface area contributed by atoms with Crippen LogP contribution in [-0.2, 0) is 19.1 Å². The van der Waals surface area contributed by atoms with Crippen molar-refractivity contribution in [1.29, 1.82) is 0 Å². The summed E-state index contributed by atoms with van der Waals surface area (Å²) in [6.45, 7) is 5.16. The topological polar surface area (TPSA) is 75.7 Å². The lowest BCUT2D eigenvalue weighted by molar-refractivity contribution is -0.153. The molecule has 0 saturated carbocycles. The number of para-hydroxylation sites is 2. The van der Waals surface area contributed by atoms with Gasteiger partial charge in [-0.1, -0.05) is 29.8 Å². The number of nitrogens with one attached hydrogen (secondary N) is 1. The number of carbonyl (C=O) groups is 3. The summed E-state index contributed by atoms with van der Waals surface area (Å²) in [5, 5.41) is 2.27. The van der Waals surface area contributed by atoms with Gasteiger partial charge in [-0.3, -0.25) is 19.3 Å². The van der Waals surface area contributed by atoms with E-state index in [-0.39, 0.29) is 12.5 Å². The third kappa shape index (κ3) is 4.54. The van der Waals surface area contributed by atoms with E-state index in [9.17, 15) is 14.4 Å². The van der Waals surface area contributed by atoms with Gasteiger partial charge in [0.2, 0.25) is 5.91 Å². The van der Waals surface area contributed by atoms with Crippen LogP contribution in [0.1, 0.15) is 19.4 Å². The number of carbonyl (C=O) groups excluding carboxylic acids is 3. The number of hydrogen-bond donors (Lipinski definition) is 1. The lowest BCUT2D eigenvalue weighted by Crippen LogP contribution is -2.47. The number of esters is 1. The van der Waals surface area contributed by atoms with E-state index in [4.69, 9.17) is 4.74 Å². The Kier molecular flexibility index (Phi) is 6.04. The van der Waals surface area contributed by atoms with Gasteiger partial charge in [0.05, 0.1) is 11.4 Å². The van der Waals surface area contributed by atoms with E-state index in [0.717, 1.165) is 10.5 Å². The molecular weight excluding hydrogens is 376 g/mol. The fourth-order valence-electron chi connectivity index (χ4n) is 2.84. The summed E-state index contributed by atoms with van der Waals surface area (Å²) in [7, 11) is 0. The molecule has 0 bridgehead atoms. The van der Waals surface area contributed by atoms with Crippen LogP contribution < -0.4 is 10.2 Å². The molecule has 2 amide bonds. The maximum absolute atomic E-state index is 12.8. The highest BCUT2D eigenvalue weighted by Crippen LogP contribution is 2.30. The Hall–Kier alpha value is -2.80. The number of hydrogen-bond acceptors (Lipinski definition) is 5. The van der Waals surface area contributed by atoms with Crippen molar-refractivity contribution in [3.05, 3.63) is 54.1 Å². The van der Waals surface area contributed by atoms with Gasteiger partial charge in [0.1, 0.15) is 11.8 Å². The number of anilines is 2. The minimum Gasteiger partial charge on any atom is -0.452 e. The van der Waals surface area contributed by atoms with Gasteiger partial charge in [0, 0.05) is 4.90 Å². The van der Waals surface area contributed by atoms with Crippen molar-refractivity contribution in [3.63, 3.8) is 0 Å². The fraction of sp³-hybridized carbons (Fsp3) is 0.286. The van der Waals surface area contributed by atoms with Gasteiger partial charge in [-0.15, -0.1) is 11.8 Å². The first-order valence-electron chi connectivity index (χ1n) is 8.99. The molecule has 0 fully saturated rings. The van der Waals surface area contributed by atoms with E-state index in [2.05, 4.69) is 5.32 Å². The molecule has 146 valence electrons. The number of rotatable bonds is 5. The third-order valence-corrected chi connectivity index (χ3v) is 5.43. The molecule has 0 spiro atoms. The van der Waals surface area contributed by atoms with Gasteiger partial charge >= 0.3 is 5.97 Å². The Morgan fingerprint density at radius 2 is 1.79 bits per heavy atom. The maximum Gasteiger partial charge on any atom is 0.319 e. The van der Waals surface area contributed by atoms with Crippen LogP contribution in [0.15, 0.2) is 53.4 Å².